The van der Waals surface area contributed by atoms with Gasteiger partial charge in [0.1, 0.15) is 0 Å². The van der Waals surface area contributed by atoms with Gasteiger partial charge in [0.05, 0.1) is 25.4 Å². The second-order valence-corrected chi connectivity index (χ2v) is 18.2. The van der Waals surface area contributed by atoms with Crippen LogP contribution in [0.1, 0.15) is 290 Å². The van der Waals surface area contributed by atoms with Gasteiger partial charge < -0.3 is 20.3 Å². The zero-order chi connectivity index (χ0) is 43.0. The molecule has 0 aromatic carbocycles. The van der Waals surface area contributed by atoms with Crippen molar-refractivity contribution < 1.29 is 24.5 Å². The van der Waals surface area contributed by atoms with Crippen molar-refractivity contribution in [3.63, 3.8) is 0 Å². The van der Waals surface area contributed by atoms with Crippen LogP contribution in [0, 0.1) is 0 Å². The Hall–Kier alpha value is -1.40. The van der Waals surface area contributed by atoms with Gasteiger partial charge in [-0.3, -0.25) is 9.59 Å². The number of ether oxygens (including phenoxy) is 1. The molecule has 0 saturated carbocycles. The number of rotatable bonds is 49. The summed E-state index contributed by atoms with van der Waals surface area (Å²) in [6.07, 6.45) is 56.1. The highest BCUT2D eigenvalue weighted by Gasteiger charge is 2.20. The van der Waals surface area contributed by atoms with Gasteiger partial charge in [-0.25, -0.2) is 0 Å². The SMILES string of the molecule is CCCCCCCCCCCCCCCCCCCCC(O)C(CO)NC(=O)CCCCCCC/C=C\CCCCCOC(=O)CCCCCCCCCCCCCC. The van der Waals surface area contributed by atoms with Gasteiger partial charge in [-0.05, 0) is 57.8 Å². The van der Waals surface area contributed by atoms with Crippen LogP contribution in [0.5, 0.6) is 0 Å². The number of aliphatic hydroxyl groups is 2. The number of allylic oxidation sites excluding steroid dienone is 2. The standard InChI is InChI=1S/C53H103NO5/c1-3-5-7-9-11-13-15-17-18-19-20-21-22-25-29-33-37-41-45-51(56)50(49-55)54-52(57)46-42-38-34-30-26-23-24-28-32-36-40-44-48-59-53(58)47-43-39-35-31-27-16-14-12-10-8-6-4-2/h24,28,50-51,55-56H,3-23,25-27,29-49H2,1-2H3,(H,54,57)/b28-24-. The number of nitrogens with one attached hydrogen (secondary N) is 1. The molecule has 3 N–H and O–H groups in total. The molecule has 6 heteroatoms. The van der Waals surface area contributed by atoms with Gasteiger partial charge in [-0.2, -0.15) is 0 Å². The van der Waals surface area contributed by atoms with Gasteiger partial charge in [-0.15, -0.1) is 0 Å². The van der Waals surface area contributed by atoms with Crippen LogP contribution in [0.25, 0.3) is 0 Å². The quantitative estimate of drug-likeness (QED) is 0.0322. The molecule has 0 aromatic rings. The summed E-state index contributed by atoms with van der Waals surface area (Å²) in [5, 5.41) is 23.2. The average molecular weight is 834 g/mol. The third-order valence-corrected chi connectivity index (χ3v) is 12.3. The summed E-state index contributed by atoms with van der Waals surface area (Å²) in [4.78, 5) is 24.4. The molecule has 59 heavy (non-hydrogen) atoms. The van der Waals surface area contributed by atoms with Gasteiger partial charge in [-0.1, -0.05) is 231 Å². The third-order valence-electron chi connectivity index (χ3n) is 12.3. The minimum Gasteiger partial charge on any atom is -0.466 e. The van der Waals surface area contributed by atoms with E-state index in [9.17, 15) is 19.8 Å². The van der Waals surface area contributed by atoms with Crippen LogP contribution >= 0.6 is 0 Å². The van der Waals surface area contributed by atoms with Gasteiger partial charge in [0, 0.05) is 12.8 Å². The zero-order valence-electron chi connectivity index (χ0n) is 39.7. The Kier molecular flexibility index (Phi) is 48.1. The molecular weight excluding hydrogens is 731 g/mol. The molecule has 0 bridgehead atoms. The van der Waals surface area contributed by atoms with Crippen LogP contribution in [-0.4, -0.2) is 47.4 Å². The summed E-state index contributed by atoms with van der Waals surface area (Å²) in [7, 11) is 0. The Bertz CT molecular complexity index is 878. The molecular formula is C53H103NO5. The van der Waals surface area contributed by atoms with Crippen molar-refractivity contribution in [2.75, 3.05) is 13.2 Å². The molecule has 0 heterocycles. The fraction of sp³-hybridized carbons (Fsp3) is 0.925. The van der Waals surface area contributed by atoms with Crippen molar-refractivity contribution in [3.8, 4) is 0 Å². The fourth-order valence-corrected chi connectivity index (χ4v) is 8.22. The first kappa shape index (κ1) is 57.6. The molecule has 2 atom stereocenters. The number of hydrogen-bond acceptors (Lipinski definition) is 5. The maximum Gasteiger partial charge on any atom is 0.305 e. The molecule has 0 rings (SSSR count). The van der Waals surface area contributed by atoms with Crippen molar-refractivity contribution in [3.05, 3.63) is 12.2 Å². The molecule has 0 spiro atoms. The maximum atomic E-state index is 12.5. The van der Waals surface area contributed by atoms with Crippen molar-refractivity contribution >= 4 is 11.9 Å². The van der Waals surface area contributed by atoms with E-state index in [1.165, 1.54) is 180 Å². The van der Waals surface area contributed by atoms with E-state index in [1.807, 2.05) is 0 Å². The van der Waals surface area contributed by atoms with E-state index in [4.69, 9.17) is 4.74 Å². The molecule has 1 amide bonds. The lowest BCUT2D eigenvalue weighted by Crippen LogP contribution is -2.45. The number of amides is 1. The molecule has 0 aliphatic heterocycles. The fourth-order valence-electron chi connectivity index (χ4n) is 8.22. The number of aliphatic hydroxyl groups excluding tert-OH is 2. The van der Waals surface area contributed by atoms with Crippen molar-refractivity contribution in [2.45, 2.75) is 302 Å². The lowest BCUT2D eigenvalue weighted by molar-refractivity contribution is -0.143. The minimum absolute atomic E-state index is 0.0216. The number of carbonyl (C=O) groups excluding carboxylic acids is 2. The van der Waals surface area contributed by atoms with Crippen molar-refractivity contribution in [2.24, 2.45) is 0 Å². The van der Waals surface area contributed by atoms with E-state index >= 15 is 0 Å². The topological polar surface area (TPSA) is 95.9 Å². The molecule has 0 aliphatic carbocycles. The molecule has 0 aromatic heterocycles. The maximum absolute atomic E-state index is 12.5. The molecule has 0 aliphatic rings. The monoisotopic (exact) mass is 834 g/mol. The Morgan fingerprint density at radius 3 is 1.20 bits per heavy atom. The van der Waals surface area contributed by atoms with Crippen LogP contribution in [-0.2, 0) is 14.3 Å². The first-order valence-corrected chi connectivity index (χ1v) is 26.4. The van der Waals surface area contributed by atoms with E-state index in [0.717, 1.165) is 77.0 Å². The Labute approximate surface area is 368 Å². The molecule has 0 fully saturated rings. The molecule has 2 unspecified atom stereocenters. The van der Waals surface area contributed by atoms with Crippen LogP contribution in [0.15, 0.2) is 12.2 Å². The lowest BCUT2D eigenvalue weighted by Gasteiger charge is -2.22. The normalized spacial score (nSPS) is 12.7. The van der Waals surface area contributed by atoms with E-state index in [-0.39, 0.29) is 18.5 Å². The highest BCUT2D eigenvalue weighted by atomic mass is 16.5. The van der Waals surface area contributed by atoms with Gasteiger partial charge in [0.2, 0.25) is 5.91 Å². The van der Waals surface area contributed by atoms with Crippen molar-refractivity contribution in [1.82, 2.24) is 5.32 Å². The second-order valence-electron chi connectivity index (χ2n) is 18.2. The molecule has 0 saturated heterocycles. The smallest absolute Gasteiger partial charge is 0.305 e. The van der Waals surface area contributed by atoms with Gasteiger partial charge >= 0.3 is 5.97 Å². The van der Waals surface area contributed by atoms with E-state index in [1.54, 1.807) is 0 Å². The molecule has 0 radical (unpaired) electrons. The Morgan fingerprint density at radius 2 is 0.797 bits per heavy atom. The third kappa shape index (κ3) is 45.9. The van der Waals surface area contributed by atoms with E-state index in [2.05, 4.69) is 31.3 Å². The van der Waals surface area contributed by atoms with Crippen LogP contribution < -0.4 is 5.32 Å². The predicted molar refractivity (Wildman–Crippen MR) is 255 cm³/mol. The average Bonchev–Trinajstić information content (AvgIpc) is 3.24. The highest BCUT2D eigenvalue weighted by Crippen LogP contribution is 2.17. The summed E-state index contributed by atoms with van der Waals surface area (Å²) in [5.41, 5.74) is 0. The summed E-state index contributed by atoms with van der Waals surface area (Å²) >= 11 is 0. The van der Waals surface area contributed by atoms with Gasteiger partial charge in [0.15, 0.2) is 0 Å². The summed E-state index contributed by atoms with van der Waals surface area (Å²) in [5.74, 6) is -0.0801. The predicted octanol–water partition coefficient (Wildman–Crippen LogP) is 15.7. The summed E-state index contributed by atoms with van der Waals surface area (Å²) < 4.78 is 5.43. The lowest BCUT2D eigenvalue weighted by atomic mass is 10.0. The molecule has 350 valence electrons. The first-order chi connectivity index (χ1) is 29.0. The number of unbranched alkanes of at least 4 members (excludes halogenated alkanes) is 36. The van der Waals surface area contributed by atoms with Crippen LogP contribution in [0.4, 0.5) is 0 Å². The zero-order valence-corrected chi connectivity index (χ0v) is 39.7. The number of esters is 1. The number of hydrogen-bond donors (Lipinski definition) is 3. The first-order valence-electron chi connectivity index (χ1n) is 26.4. The Balaban J connectivity index is 3.50. The highest BCUT2D eigenvalue weighted by molar-refractivity contribution is 5.76. The van der Waals surface area contributed by atoms with E-state index < -0.39 is 12.1 Å². The second kappa shape index (κ2) is 49.3. The van der Waals surface area contributed by atoms with Crippen LogP contribution in [0.3, 0.4) is 0 Å². The van der Waals surface area contributed by atoms with Crippen LogP contribution in [0.2, 0.25) is 0 Å². The molecule has 6 nitrogen and oxygen atoms in total. The minimum atomic E-state index is -0.679. The largest absolute Gasteiger partial charge is 0.466 e. The number of carbonyl (C=O) groups is 2. The summed E-state index contributed by atoms with van der Waals surface area (Å²) in [6, 6.07) is -0.559. The van der Waals surface area contributed by atoms with E-state index in [0.29, 0.717) is 25.9 Å². The summed E-state index contributed by atoms with van der Waals surface area (Å²) in [6.45, 7) is 4.90. The Morgan fingerprint density at radius 1 is 0.458 bits per heavy atom. The van der Waals surface area contributed by atoms with Gasteiger partial charge in [0.25, 0.3) is 0 Å². The van der Waals surface area contributed by atoms with Crippen molar-refractivity contribution in [1.29, 1.82) is 0 Å².